The first-order valence-electron chi connectivity index (χ1n) is 8.54. The summed E-state index contributed by atoms with van der Waals surface area (Å²) in [5, 5.41) is 2.78. The predicted octanol–water partition coefficient (Wildman–Crippen LogP) is 0.820. The molecule has 1 aliphatic rings. The molecule has 1 heterocycles. The van der Waals surface area contributed by atoms with Crippen molar-refractivity contribution in [2.24, 2.45) is 5.73 Å². The topological polar surface area (TPSA) is 78.7 Å². The molecule has 1 saturated heterocycles. The van der Waals surface area contributed by atoms with Gasteiger partial charge >= 0.3 is 0 Å². The number of likely N-dealkylation sites (tertiary alicyclic amines) is 1. The van der Waals surface area contributed by atoms with Crippen LogP contribution in [0.15, 0.2) is 30.3 Å². The number of rotatable bonds is 7. The van der Waals surface area contributed by atoms with E-state index in [9.17, 15) is 9.59 Å². The number of amides is 2. The maximum Gasteiger partial charge on any atom is 0.239 e. The van der Waals surface area contributed by atoms with Crippen molar-refractivity contribution in [3.63, 3.8) is 0 Å². The van der Waals surface area contributed by atoms with E-state index in [0.717, 1.165) is 13.0 Å². The van der Waals surface area contributed by atoms with Gasteiger partial charge in [-0.2, -0.15) is 0 Å². The minimum atomic E-state index is -0.118. The molecular formula is C18H29ClN4O2. The molecular weight excluding hydrogens is 340 g/mol. The molecule has 0 aliphatic carbocycles. The molecule has 140 valence electrons. The van der Waals surface area contributed by atoms with Gasteiger partial charge in [-0.1, -0.05) is 37.3 Å². The summed E-state index contributed by atoms with van der Waals surface area (Å²) in [4.78, 5) is 27.6. The summed E-state index contributed by atoms with van der Waals surface area (Å²) in [5.74, 6) is 0.0766. The van der Waals surface area contributed by atoms with Crippen LogP contribution >= 0.6 is 12.4 Å². The van der Waals surface area contributed by atoms with Gasteiger partial charge in [-0.15, -0.1) is 12.4 Å². The van der Waals surface area contributed by atoms with Crippen molar-refractivity contribution in [1.29, 1.82) is 0 Å². The maximum atomic E-state index is 12.3. The van der Waals surface area contributed by atoms with Crippen LogP contribution in [0.25, 0.3) is 0 Å². The fourth-order valence-corrected chi connectivity index (χ4v) is 3.03. The Balaban J connectivity index is 0.00000312. The first-order chi connectivity index (χ1) is 11.5. The number of hydrogen-bond donors (Lipinski definition) is 2. The molecule has 0 bridgehead atoms. The molecule has 6 nitrogen and oxygen atoms in total. The lowest BCUT2D eigenvalue weighted by Crippen LogP contribution is -2.43. The van der Waals surface area contributed by atoms with Crippen LogP contribution in [0.3, 0.4) is 0 Å². The first kappa shape index (κ1) is 21.4. The van der Waals surface area contributed by atoms with E-state index >= 15 is 0 Å². The third-order valence-corrected chi connectivity index (χ3v) is 4.41. The van der Waals surface area contributed by atoms with Gasteiger partial charge in [-0.25, -0.2) is 0 Å². The smallest absolute Gasteiger partial charge is 0.239 e. The van der Waals surface area contributed by atoms with Crippen molar-refractivity contribution < 1.29 is 9.59 Å². The van der Waals surface area contributed by atoms with Crippen molar-refractivity contribution in [2.45, 2.75) is 25.3 Å². The molecule has 3 N–H and O–H groups in total. The van der Waals surface area contributed by atoms with Crippen LogP contribution in [-0.2, 0) is 9.59 Å². The van der Waals surface area contributed by atoms with Crippen molar-refractivity contribution >= 4 is 24.2 Å². The summed E-state index contributed by atoms with van der Waals surface area (Å²) in [6.45, 7) is 4.50. The fraction of sp³-hybridized carbons (Fsp3) is 0.556. The van der Waals surface area contributed by atoms with Crippen LogP contribution < -0.4 is 11.1 Å². The standard InChI is InChI=1S/C18H28N4O2.ClH/c1-3-9-20-17(23)12-21(2)18(24)13-22-10-15(16(19)11-22)14-7-5-4-6-8-14;/h4-8,15-16H,3,9-13,19H2,1-2H3,(H,20,23);1H/t15-,16+;/m0./s1. The van der Waals surface area contributed by atoms with Gasteiger partial charge in [0.2, 0.25) is 11.8 Å². The maximum absolute atomic E-state index is 12.3. The molecule has 0 radical (unpaired) electrons. The van der Waals surface area contributed by atoms with Gasteiger partial charge in [0, 0.05) is 38.6 Å². The van der Waals surface area contributed by atoms with Crippen molar-refractivity contribution in [3.05, 3.63) is 35.9 Å². The lowest BCUT2D eigenvalue weighted by atomic mass is 9.95. The quantitative estimate of drug-likeness (QED) is 0.746. The zero-order valence-electron chi connectivity index (χ0n) is 15.0. The Labute approximate surface area is 156 Å². The number of carbonyl (C=O) groups excluding carboxylic acids is 2. The largest absolute Gasteiger partial charge is 0.355 e. The van der Waals surface area contributed by atoms with E-state index < -0.39 is 0 Å². The molecule has 0 unspecified atom stereocenters. The highest BCUT2D eigenvalue weighted by atomic mass is 35.5. The number of likely N-dealkylation sites (N-methyl/N-ethyl adjacent to an activating group) is 1. The fourth-order valence-electron chi connectivity index (χ4n) is 3.03. The first-order valence-corrected chi connectivity index (χ1v) is 8.54. The Bertz CT molecular complexity index is 555. The second kappa shape index (κ2) is 10.4. The molecule has 7 heteroatoms. The zero-order chi connectivity index (χ0) is 17.5. The molecule has 0 saturated carbocycles. The Morgan fingerprint density at radius 3 is 2.60 bits per heavy atom. The number of nitrogens with two attached hydrogens (primary N) is 1. The minimum absolute atomic E-state index is 0. The summed E-state index contributed by atoms with van der Waals surface area (Å²) in [6, 6.07) is 10.2. The van der Waals surface area contributed by atoms with Gasteiger partial charge in [0.15, 0.2) is 0 Å². The summed E-state index contributed by atoms with van der Waals surface area (Å²) in [7, 11) is 1.67. The second-order valence-electron chi connectivity index (χ2n) is 6.47. The summed E-state index contributed by atoms with van der Waals surface area (Å²) < 4.78 is 0. The van der Waals surface area contributed by atoms with Crippen LogP contribution in [0.4, 0.5) is 0 Å². The van der Waals surface area contributed by atoms with E-state index in [1.54, 1.807) is 7.05 Å². The van der Waals surface area contributed by atoms with Gasteiger partial charge in [-0.05, 0) is 12.0 Å². The van der Waals surface area contributed by atoms with E-state index in [0.29, 0.717) is 19.6 Å². The number of carbonyl (C=O) groups is 2. The third-order valence-electron chi connectivity index (χ3n) is 4.41. The molecule has 2 amide bonds. The summed E-state index contributed by atoms with van der Waals surface area (Å²) >= 11 is 0. The number of halogens is 1. The van der Waals surface area contributed by atoms with Crippen molar-refractivity contribution in [1.82, 2.24) is 15.1 Å². The van der Waals surface area contributed by atoms with Gasteiger partial charge in [0.25, 0.3) is 0 Å². The Kier molecular flexibility index (Phi) is 8.89. The van der Waals surface area contributed by atoms with Crippen LogP contribution in [0.5, 0.6) is 0 Å². The number of benzene rings is 1. The summed E-state index contributed by atoms with van der Waals surface area (Å²) in [5.41, 5.74) is 7.47. The average molecular weight is 369 g/mol. The molecule has 25 heavy (non-hydrogen) atoms. The number of nitrogens with zero attached hydrogens (tertiary/aromatic N) is 2. The van der Waals surface area contributed by atoms with Gasteiger partial charge < -0.3 is 16.0 Å². The monoisotopic (exact) mass is 368 g/mol. The van der Waals surface area contributed by atoms with Gasteiger partial charge in [0.1, 0.15) is 0 Å². The van der Waals surface area contributed by atoms with Crippen LogP contribution in [0.1, 0.15) is 24.8 Å². The Hall–Kier alpha value is -1.63. The van der Waals surface area contributed by atoms with Crippen molar-refractivity contribution in [2.75, 3.05) is 39.8 Å². The second-order valence-corrected chi connectivity index (χ2v) is 6.47. The molecule has 1 aromatic rings. The highest BCUT2D eigenvalue weighted by Gasteiger charge is 2.32. The average Bonchev–Trinajstić information content (AvgIpc) is 2.94. The Morgan fingerprint density at radius 2 is 1.96 bits per heavy atom. The molecule has 2 atom stereocenters. The lowest BCUT2D eigenvalue weighted by Gasteiger charge is -2.21. The molecule has 2 rings (SSSR count). The van der Waals surface area contributed by atoms with Crippen LogP contribution in [-0.4, -0.2) is 67.4 Å². The van der Waals surface area contributed by atoms with E-state index in [2.05, 4.69) is 22.3 Å². The van der Waals surface area contributed by atoms with E-state index in [1.807, 2.05) is 25.1 Å². The highest BCUT2D eigenvalue weighted by Crippen LogP contribution is 2.26. The highest BCUT2D eigenvalue weighted by molar-refractivity contribution is 5.85. The van der Waals surface area contributed by atoms with Crippen LogP contribution in [0, 0.1) is 0 Å². The lowest BCUT2D eigenvalue weighted by molar-refractivity contribution is -0.135. The summed E-state index contributed by atoms with van der Waals surface area (Å²) in [6.07, 6.45) is 0.885. The normalized spacial score (nSPS) is 20.0. The predicted molar refractivity (Wildman–Crippen MR) is 102 cm³/mol. The molecule has 0 aromatic heterocycles. The molecule has 1 aromatic carbocycles. The van der Waals surface area contributed by atoms with Crippen LogP contribution in [0.2, 0.25) is 0 Å². The number of hydrogen-bond acceptors (Lipinski definition) is 4. The van der Waals surface area contributed by atoms with E-state index in [1.165, 1.54) is 10.5 Å². The third kappa shape index (κ3) is 6.30. The SMILES string of the molecule is CCCNC(=O)CN(C)C(=O)CN1C[C@@H](N)[C@H](c2ccccc2)C1.Cl. The van der Waals surface area contributed by atoms with E-state index in [4.69, 9.17) is 5.73 Å². The molecule has 1 fully saturated rings. The number of nitrogens with one attached hydrogen (secondary N) is 1. The van der Waals surface area contributed by atoms with Gasteiger partial charge in [-0.3, -0.25) is 14.5 Å². The Morgan fingerprint density at radius 1 is 1.28 bits per heavy atom. The minimum Gasteiger partial charge on any atom is -0.355 e. The zero-order valence-corrected chi connectivity index (χ0v) is 15.8. The van der Waals surface area contributed by atoms with Crippen molar-refractivity contribution in [3.8, 4) is 0 Å². The molecule has 0 spiro atoms. The van der Waals surface area contributed by atoms with E-state index in [-0.39, 0.29) is 42.7 Å². The van der Waals surface area contributed by atoms with Gasteiger partial charge in [0.05, 0.1) is 13.1 Å². The molecule has 1 aliphatic heterocycles.